The van der Waals surface area contributed by atoms with Gasteiger partial charge in [-0.15, -0.1) is 0 Å². The van der Waals surface area contributed by atoms with Gasteiger partial charge in [-0.05, 0) is 32.4 Å². The van der Waals surface area contributed by atoms with E-state index < -0.39 is 0 Å². The van der Waals surface area contributed by atoms with Crippen LogP contribution in [0.15, 0.2) is 12.1 Å². The van der Waals surface area contributed by atoms with Crippen LogP contribution < -0.4 is 0 Å². The molecule has 2 unspecified atom stereocenters. The fraction of sp³-hybridized carbons (Fsp3) is 0.692. The lowest BCUT2D eigenvalue weighted by Crippen LogP contribution is -2.51. The number of rotatable bonds is 2. The van der Waals surface area contributed by atoms with Gasteiger partial charge in [-0.1, -0.05) is 13.8 Å². The second-order valence-corrected chi connectivity index (χ2v) is 5.28. The summed E-state index contributed by atoms with van der Waals surface area (Å²) in [5.41, 5.74) is 2.98. The normalized spacial score (nSPS) is 28.9. The van der Waals surface area contributed by atoms with Crippen LogP contribution in [0.2, 0.25) is 0 Å². The van der Waals surface area contributed by atoms with Gasteiger partial charge in [0.05, 0.1) is 6.10 Å². The third-order valence-corrected chi connectivity index (χ3v) is 4.05. The van der Waals surface area contributed by atoms with Gasteiger partial charge < -0.3 is 9.30 Å². The first-order valence-corrected chi connectivity index (χ1v) is 5.65. The van der Waals surface area contributed by atoms with Gasteiger partial charge in [0.25, 0.3) is 0 Å². The molecule has 0 bridgehead atoms. The fourth-order valence-electron chi connectivity index (χ4n) is 2.87. The van der Waals surface area contributed by atoms with Crippen molar-refractivity contribution >= 4 is 0 Å². The van der Waals surface area contributed by atoms with E-state index in [4.69, 9.17) is 4.74 Å². The summed E-state index contributed by atoms with van der Waals surface area (Å²) in [4.78, 5) is 0. The van der Waals surface area contributed by atoms with E-state index >= 15 is 0 Å². The minimum Gasteiger partial charge on any atom is -0.381 e. The van der Waals surface area contributed by atoms with Gasteiger partial charge in [-0.25, -0.2) is 0 Å². The summed E-state index contributed by atoms with van der Waals surface area (Å²) in [7, 11) is 1.82. The van der Waals surface area contributed by atoms with Gasteiger partial charge in [0, 0.05) is 30.0 Å². The highest BCUT2D eigenvalue weighted by Crippen LogP contribution is 2.51. The molecule has 0 spiro atoms. The highest BCUT2D eigenvalue weighted by molar-refractivity contribution is 5.18. The molecule has 1 aromatic rings. The van der Waals surface area contributed by atoms with Gasteiger partial charge in [-0.2, -0.15) is 0 Å². The maximum absolute atomic E-state index is 5.50. The minimum absolute atomic E-state index is 0.253. The van der Waals surface area contributed by atoms with Crippen molar-refractivity contribution in [3.63, 3.8) is 0 Å². The van der Waals surface area contributed by atoms with Crippen LogP contribution in [-0.2, 0) is 4.74 Å². The second kappa shape index (κ2) is 3.38. The van der Waals surface area contributed by atoms with Crippen molar-refractivity contribution in [2.45, 2.75) is 46.3 Å². The van der Waals surface area contributed by atoms with Crippen LogP contribution in [0.4, 0.5) is 0 Å². The van der Waals surface area contributed by atoms with Gasteiger partial charge in [0.2, 0.25) is 0 Å². The minimum atomic E-state index is 0.253. The maximum atomic E-state index is 5.50. The first kappa shape index (κ1) is 10.7. The molecule has 1 fully saturated rings. The quantitative estimate of drug-likeness (QED) is 0.727. The monoisotopic (exact) mass is 207 g/mol. The number of methoxy groups -OCH3 is 1. The zero-order valence-corrected chi connectivity index (χ0v) is 10.4. The second-order valence-electron chi connectivity index (χ2n) is 5.28. The summed E-state index contributed by atoms with van der Waals surface area (Å²) >= 11 is 0. The first-order chi connectivity index (χ1) is 6.98. The number of nitrogens with zero attached hydrogens (tertiary/aromatic N) is 1. The topological polar surface area (TPSA) is 14.2 Å². The van der Waals surface area contributed by atoms with Crippen molar-refractivity contribution in [2.24, 2.45) is 5.41 Å². The highest BCUT2D eigenvalue weighted by atomic mass is 16.5. The number of ether oxygens (including phenoxy) is 1. The fourth-order valence-corrected chi connectivity index (χ4v) is 2.87. The SMILES string of the molecule is COC1CC(n2c(C)ccc2C)C1(C)C. The van der Waals surface area contributed by atoms with E-state index in [-0.39, 0.29) is 5.41 Å². The summed E-state index contributed by atoms with van der Waals surface area (Å²) in [6, 6.07) is 4.99. The molecule has 0 aromatic carbocycles. The summed E-state index contributed by atoms with van der Waals surface area (Å²) in [5, 5.41) is 0. The molecule has 84 valence electrons. The predicted molar refractivity (Wildman–Crippen MR) is 62.1 cm³/mol. The predicted octanol–water partition coefficient (Wildman–Crippen LogP) is 3.09. The molecule has 0 N–H and O–H groups in total. The van der Waals surface area contributed by atoms with E-state index in [1.165, 1.54) is 11.4 Å². The maximum Gasteiger partial charge on any atom is 0.0662 e. The van der Waals surface area contributed by atoms with Crippen molar-refractivity contribution in [2.75, 3.05) is 7.11 Å². The van der Waals surface area contributed by atoms with Gasteiger partial charge in [-0.3, -0.25) is 0 Å². The number of aromatic nitrogens is 1. The van der Waals surface area contributed by atoms with Crippen molar-refractivity contribution < 1.29 is 4.74 Å². The average Bonchev–Trinajstić information content (AvgIpc) is 2.48. The molecular weight excluding hydrogens is 186 g/mol. The Morgan fingerprint density at radius 2 is 1.80 bits per heavy atom. The van der Waals surface area contributed by atoms with Crippen LogP contribution in [-0.4, -0.2) is 17.8 Å². The number of hydrogen-bond donors (Lipinski definition) is 0. The van der Waals surface area contributed by atoms with E-state index in [1.54, 1.807) is 0 Å². The molecule has 1 aliphatic carbocycles. The molecule has 0 radical (unpaired) electrons. The Balaban J connectivity index is 2.28. The Bertz CT molecular complexity index is 345. The van der Waals surface area contributed by atoms with E-state index in [0.717, 1.165) is 6.42 Å². The van der Waals surface area contributed by atoms with E-state index in [9.17, 15) is 0 Å². The van der Waals surface area contributed by atoms with Gasteiger partial charge in [0.15, 0.2) is 0 Å². The summed E-state index contributed by atoms with van der Waals surface area (Å²) in [6.45, 7) is 8.97. The number of hydrogen-bond acceptors (Lipinski definition) is 1. The van der Waals surface area contributed by atoms with Crippen LogP contribution in [0.1, 0.15) is 37.7 Å². The molecule has 2 nitrogen and oxygen atoms in total. The molecule has 2 heteroatoms. The lowest BCUT2D eigenvalue weighted by molar-refractivity contribution is -0.113. The third kappa shape index (κ3) is 1.43. The highest BCUT2D eigenvalue weighted by Gasteiger charge is 2.49. The molecule has 1 saturated carbocycles. The Kier molecular flexibility index (Phi) is 2.42. The lowest BCUT2D eigenvalue weighted by atomic mass is 9.64. The molecule has 15 heavy (non-hydrogen) atoms. The zero-order chi connectivity index (χ0) is 11.2. The Morgan fingerprint density at radius 1 is 1.27 bits per heavy atom. The molecule has 0 aliphatic heterocycles. The van der Waals surface area contributed by atoms with Crippen LogP contribution in [0, 0.1) is 19.3 Å². The van der Waals surface area contributed by atoms with Crippen LogP contribution >= 0.6 is 0 Å². The molecule has 1 aromatic heterocycles. The Labute approximate surface area is 92.2 Å². The van der Waals surface area contributed by atoms with Crippen LogP contribution in [0.5, 0.6) is 0 Å². The largest absolute Gasteiger partial charge is 0.381 e. The van der Waals surface area contributed by atoms with Crippen molar-refractivity contribution in [1.29, 1.82) is 0 Å². The van der Waals surface area contributed by atoms with Crippen LogP contribution in [0.25, 0.3) is 0 Å². The average molecular weight is 207 g/mol. The molecule has 0 amide bonds. The zero-order valence-electron chi connectivity index (χ0n) is 10.4. The molecule has 2 rings (SSSR count). The van der Waals surface area contributed by atoms with Crippen molar-refractivity contribution in [3.8, 4) is 0 Å². The smallest absolute Gasteiger partial charge is 0.0662 e. The van der Waals surface area contributed by atoms with Gasteiger partial charge >= 0.3 is 0 Å². The summed E-state index contributed by atoms with van der Waals surface area (Å²) in [5.74, 6) is 0. The van der Waals surface area contributed by atoms with Crippen molar-refractivity contribution in [1.82, 2.24) is 4.57 Å². The number of aryl methyl sites for hydroxylation is 2. The molecule has 1 aliphatic rings. The van der Waals surface area contributed by atoms with Crippen molar-refractivity contribution in [3.05, 3.63) is 23.5 Å². The van der Waals surface area contributed by atoms with E-state index in [0.29, 0.717) is 12.1 Å². The molecular formula is C13H21NO. The molecule has 0 saturated heterocycles. The third-order valence-electron chi connectivity index (χ3n) is 4.05. The van der Waals surface area contributed by atoms with Crippen LogP contribution in [0.3, 0.4) is 0 Å². The van der Waals surface area contributed by atoms with Gasteiger partial charge in [0.1, 0.15) is 0 Å². The summed E-state index contributed by atoms with van der Waals surface area (Å²) < 4.78 is 7.95. The lowest BCUT2D eigenvalue weighted by Gasteiger charge is -2.52. The Morgan fingerprint density at radius 3 is 2.20 bits per heavy atom. The molecule has 2 atom stereocenters. The van der Waals surface area contributed by atoms with E-state index in [1.807, 2.05) is 7.11 Å². The summed E-state index contributed by atoms with van der Waals surface area (Å²) in [6.07, 6.45) is 1.54. The first-order valence-electron chi connectivity index (χ1n) is 5.65. The Hall–Kier alpha value is -0.760. The standard InChI is InChI=1S/C13H21NO/c1-9-6-7-10(2)14(9)11-8-12(15-5)13(11,3)4/h6-7,11-12H,8H2,1-5H3. The van der Waals surface area contributed by atoms with E-state index in [2.05, 4.69) is 44.4 Å². The molecule has 1 heterocycles.